The molecule has 0 aliphatic carbocycles. The van der Waals surface area contributed by atoms with Crippen LogP contribution < -0.4 is 0 Å². The van der Waals surface area contributed by atoms with Crippen LogP contribution in [0.15, 0.2) is 11.5 Å². The maximum absolute atomic E-state index is 12.5. The summed E-state index contributed by atoms with van der Waals surface area (Å²) in [5.41, 5.74) is 0.568. The SMILES string of the molecule is CC1(C)OB(C2=CCN(C(=O)CCN3CCCCC3)CC2)OC1(C)C. The molecule has 140 valence electrons. The number of amides is 1. The van der Waals surface area contributed by atoms with Crippen molar-refractivity contribution in [3.05, 3.63) is 11.5 Å². The largest absolute Gasteiger partial charge is 0.490 e. The number of nitrogens with zero attached hydrogens (tertiary/aromatic N) is 2. The highest BCUT2D eigenvalue weighted by Crippen LogP contribution is 2.39. The zero-order chi connectivity index (χ0) is 18.1. The van der Waals surface area contributed by atoms with Gasteiger partial charge in [0.05, 0.1) is 11.2 Å². The maximum atomic E-state index is 12.5. The summed E-state index contributed by atoms with van der Waals surface area (Å²) in [7, 11) is -0.268. The number of rotatable bonds is 4. The lowest BCUT2D eigenvalue weighted by atomic mass is 9.74. The van der Waals surface area contributed by atoms with Crippen LogP contribution in [0.1, 0.15) is 59.8 Å². The molecule has 3 aliphatic heterocycles. The molecule has 0 aromatic heterocycles. The van der Waals surface area contributed by atoms with Crippen molar-refractivity contribution < 1.29 is 14.1 Å². The van der Waals surface area contributed by atoms with Crippen molar-refractivity contribution in [1.29, 1.82) is 0 Å². The van der Waals surface area contributed by atoms with Crippen molar-refractivity contribution in [3.63, 3.8) is 0 Å². The van der Waals surface area contributed by atoms with Crippen molar-refractivity contribution in [1.82, 2.24) is 9.80 Å². The Morgan fingerprint density at radius 1 is 1.08 bits per heavy atom. The van der Waals surface area contributed by atoms with Crippen LogP contribution >= 0.6 is 0 Å². The van der Waals surface area contributed by atoms with Gasteiger partial charge in [0.25, 0.3) is 0 Å². The topological polar surface area (TPSA) is 42.0 Å². The van der Waals surface area contributed by atoms with E-state index in [1.807, 2.05) is 4.90 Å². The smallest absolute Gasteiger partial charge is 0.400 e. The van der Waals surface area contributed by atoms with E-state index in [1.54, 1.807) is 0 Å². The summed E-state index contributed by atoms with van der Waals surface area (Å²) in [5.74, 6) is 0.273. The van der Waals surface area contributed by atoms with Crippen LogP contribution in [0.25, 0.3) is 0 Å². The van der Waals surface area contributed by atoms with Gasteiger partial charge >= 0.3 is 7.12 Å². The second-order valence-corrected chi connectivity index (χ2v) is 8.61. The Kier molecular flexibility index (Phi) is 5.61. The fourth-order valence-corrected chi connectivity index (χ4v) is 3.71. The van der Waals surface area contributed by atoms with E-state index in [0.717, 1.165) is 32.6 Å². The van der Waals surface area contributed by atoms with Gasteiger partial charge in [-0.3, -0.25) is 4.79 Å². The monoisotopic (exact) mass is 348 g/mol. The van der Waals surface area contributed by atoms with Crippen molar-refractivity contribution in [3.8, 4) is 0 Å². The number of hydrogen-bond acceptors (Lipinski definition) is 4. The highest BCUT2D eigenvalue weighted by atomic mass is 16.7. The van der Waals surface area contributed by atoms with E-state index in [2.05, 4.69) is 38.7 Å². The Morgan fingerprint density at radius 2 is 1.72 bits per heavy atom. The van der Waals surface area contributed by atoms with E-state index in [1.165, 1.54) is 24.7 Å². The first-order chi connectivity index (χ1) is 11.8. The summed E-state index contributed by atoms with van der Waals surface area (Å²) in [5, 5.41) is 0. The predicted molar refractivity (Wildman–Crippen MR) is 100 cm³/mol. The molecule has 5 nitrogen and oxygen atoms in total. The van der Waals surface area contributed by atoms with Crippen LogP contribution in [-0.2, 0) is 14.1 Å². The highest BCUT2D eigenvalue weighted by molar-refractivity contribution is 6.54. The van der Waals surface area contributed by atoms with Gasteiger partial charge in [-0.25, -0.2) is 0 Å². The zero-order valence-electron chi connectivity index (χ0n) is 16.3. The molecule has 3 rings (SSSR count). The van der Waals surface area contributed by atoms with Gasteiger partial charge in [0, 0.05) is 26.1 Å². The summed E-state index contributed by atoms with van der Waals surface area (Å²) < 4.78 is 12.3. The average Bonchev–Trinajstić information content (AvgIpc) is 2.81. The molecule has 2 saturated heterocycles. The van der Waals surface area contributed by atoms with Crippen LogP contribution in [0, 0.1) is 0 Å². The van der Waals surface area contributed by atoms with Gasteiger partial charge in [-0.1, -0.05) is 12.5 Å². The number of hydrogen-bond donors (Lipinski definition) is 0. The first-order valence-corrected chi connectivity index (χ1v) is 9.83. The van der Waals surface area contributed by atoms with Gasteiger partial charge in [0.2, 0.25) is 5.91 Å². The molecule has 0 aromatic carbocycles. The van der Waals surface area contributed by atoms with E-state index >= 15 is 0 Å². The molecule has 2 fully saturated rings. The molecule has 0 N–H and O–H groups in total. The Bertz CT molecular complexity index is 511. The van der Waals surface area contributed by atoms with Crippen molar-refractivity contribution in [2.75, 3.05) is 32.7 Å². The molecular weight excluding hydrogens is 315 g/mol. The highest BCUT2D eigenvalue weighted by Gasteiger charge is 2.52. The lowest BCUT2D eigenvalue weighted by molar-refractivity contribution is -0.131. The number of carbonyl (C=O) groups excluding carboxylic acids is 1. The molecule has 0 aromatic rings. The maximum Gasteiger partial charge on any atom is 0.490 e. The van der Waals surface area contributed by atoms with Gasteiger partial charge in [-0.2, -0.15) is 0 Å². The zero-order valence-corrected chi connectivity index (χ0v) is 16.3. The average molecular weight is 348 g/mol. The third kappa shape index (κ3) is 4.29. The normalized spacial score (nSPS) is 26.6. The predicted octanol–water partition coefficient (Wildman–Crippen LogP) is 2.65. The lowest BCUT2D eigenvalue weighted by Crippen LogP contribution is -2.41. The van der Waals surface area contributed by atoms with Gasteiger partial charge in [-0.05, 0) is 65.5 Å². The van der Waals surface area contributed by atoms with Crippen LogP contribution in [0.4, 0.5) is 0 Å². The first-order valence-electron chi connectivity index (χ1n) is 9.83. The molecule has 0 saturated carbocycles. The molecule has 0 spiro atoms. The Labute approximate surface area is 152 Å². The first kappa shape index (κ1) is 18.9. The Hall–Kier alpha value is -0.845. The van der Waals surface area contributed by atoms with Gasteiger partial charge in [-0.15, -0.1) is 0 Å². The fourth-order valence-electron chi connectivity index (χ4n) is 3.71. The van der Waals surface area contributed by atoms with Crippen molar-refractivity contribution in [2.45, 2.75) is 71.0 Å². The van der Waals surface area contributed by atoms with Crippen molar-refractivity contribution in [2.24, 2.45) is 0 Å². The van der Waals surface area contributed by atoms with Gasteiger partial charge < -0.3 is 19.1 Å². The summed E-state index contributed by atoms with van der Waals surface area (Å²) in [4.78, 5) is 16.9. The number of piperidine rings is 1. The number of carbonyl (C=O) groups is 1. The summed E-state index contributed by atoms with van der Waals surface area (Å²) in [6.07, 6.45) is 7.50. The second-order valence-electron chi connectivity index (χ2n) is 8.61. The molecule has 3 heterocycles. The van der Waals surface area contributed by atoms with E-state index in [4.69, 9.17) is 9.31 Å². The standard InChI is InChI=1S/C19H33BN2O3/c1-18(2)19(3,4)25-20(24-18)16-8-14-22(15-9-16)17(23)10-13-21-11-6-5-7-12-21/h8H,5-7,9-15H2,1-4H3. The van der Waals surface area contributed by atoms with Gasteiger partial charge in [0.1, 0.15) is 0 Å². The molecule has 6 heteroatoms. The molecule has 25 heavy (non-hydrogen) atoms. The number of likely N-dealkylation sites (tertiary alicyclic amines) is 1. The summed E-state index contributed by atoms with van der Waals surface area (Å²) in [6, 6.07) is 0. The molecule has 0 atom stereocenters. The van der Waals surface area contributed by atoms with E-state index in [-0.39, 0.29) is 24.2 Å². The molecule has 0 radical (unpaired) electrons. The molecule has 0 bridgehead atoms. The molecule has 1 amide bonds. The van der Waals surface area contributed by atoms with Gasteiger partial charge in [0.15, 0.2) is 0 Å². The van der Waals surface area contributed by atoms with Crippen LogP contribution in [0.3, 0.4) is 0 Å². The van der Waals surface area contributed by atoms with E-state index in [0.29, 0.717) is 13.0 Å². The Balaban J connectivity index is 1.48. The van der Waals surface area contributed by atoms with Crippen LogP contribution in [0.5, 0.6) is 0 Å². The third-order valence-corrected chi connectivity index (χ3v) is 6.24. The molecule has 0 unspecified atom stereocenters. The van der Waals surface area contributed by atoms with Crippen molar-refractivity contribution >= 4 is 13.0 Å². The van der Waals surface area contributed by atoms with Crippen LogP contribution in [-0.4, -0.2) is 66.8 Å². The minimum absolute atomic E-state index is 0.268. The van der Waals surface area contributed by atoms with E-state index < -0.39 is 0 Å². The fraction of sp³-hybridized carbons (Fsp3) is 0.842. The second kappa shape index (κ2) is 7.41. The quantitative estimate of drug-likeness (QED) is 0.733. The van der Waals surface area contributed by atoms with Crippen LogP contribution in [0.2, 0.25) is 0 Å². The molecular formula is C19H33BN2O3. The Morgan fingerprint density at radius 3 is 2.28 bits per heavy atom. The minimum atomic E-state index is -0.306. The minimum Gasteiger partial charge on any atom is -0.400 e. The third-order valence-electron chi connectivity index (χ3n) is 6.24. The van der Waals surface area contributed by atoms with E-state index in [9.17, 15) is 4.79 Å². The lowest BCUT2D eigenvalue weighted by Gasteiger charge is -2.32. The summed E-state index contributed by atoms with van der Waals surface area (Å²) in [6.45, 7) is 13.0. The summed E-state index contributed by atoms with van der Waals surface area (Å²) >= 11 is 0. The molecule has 3 aliphatic rings.